The Hall–Kier alpha value is -1.49. The van der Waals surface area contributed by atoms with E-state index in [-0.39, 0.29) is 11.5 Å². The first-order valence-electron chi connectivity index (χ1n) is 6.06. The van der Waals surface area contributed by atoms with Crippen LogP contribution < -0.4 is 5.73 Å². The molecule has 2 N–H and O–H groups in total. The van der Waals surface area contributed by atoms with Gasteiger partial charge in [0.1, 0.15) is 0 Å². The van der Waals surface area contributed by atoms with Crippen LogP contribution in [0.25, 0.3) is 10.9 Å². The second-order valence-electron chi connectivity index (χ2n) is 4.48. The molecule has 0 aliphatic rings. The minimum atomic E-state index is -2.94. The van der Waals surface area contributed by atoms with Crippen molar-refractivity contribution >= 4 is 26.4 Å². The van der Waals surface area contributed by atoms with Gasteiger partial charge < -0.3 is 10.3 Å². The quantitative estimate of drug-likeness (QED) is 0.842. The number of aryl methyl sites for hydroxylation is 1. The zero-order valence-corrected chi connectivity index (χ0v) is 11.3. The average molecular weight is 266 g/mol. The largest absolute Gasteiger partial charge is 0.399 e. The summed E-state index contributed by atoms with van der Waals surface area (Å²) in [5, 5.41) is 1.08. The van der Waals surface area contributed by atoms with Crippen molar-refractivity contribution in [1.82, 2.24) is 4.57 Å². The highest BCUT2D eigenvalue weighted by atomic mass is 32.2. The third-order valence-electron chi connectivity index (χ3n) is 2.96. The first kappa shape index (κ1) is 13.0. The summed E-state index contributed by atoms with van der Waals surface area (Å²) in [5.74, 6) is 0.438. The summed E-state index contributed by atoms with van der Waals surface area (Å²) in [5.41, 5.74) is 7.43. The molecule has 98 valence electrons. The fourth-order valence-corrected chi connectivity index (χ4v) is 3.35. The summed E-state index contributed by atoms with van der Waals surface area (Å²) < 4.78 is 25.3. The van der Waals surface area contributed by atoms with Crippen LogP contribution in [0.15, 0.2) is 30.5 Å². The SMILES string of the molecule is CCCS(=O)(=O)CCn1ccc2ccc(N)cc21. The van der Waals surface area contributed by atoms with Gasteiger partial charge in [0, 0.05) is 24.2 Å². The number of rotatable bonds is 5. The molecule has 18 heavy (non-hydrogen) atoms. The number of sulfone groups is 1. The Balaban J connectivity index is 2.20. The number of hydrogen-bond donors (Lipinski definition) is 1. The summed E-state index contributed by atoms with van der Waals surface area (Å²) in [6.45, 7) is 2.36. The topological polar surface area (TPSA) is 65.1 Å². The maximum atomic E-state index is 11.7. The average Bonchev–Trinajstić information content (AvgIpc) is 2.69. The molecule has 0 aliphatic heterocycles. The molecule has 2 aromatic rings. The molecule has 0 radical (unpaired) electrons. The van der Waals surface area contributed by atoms with Gasteiger partial charge in [0.05, 0.1) is 11.3 Å². The molecule has 0 saturated carbocycles. The van der Waals surface area contributed by atoms with Gasteiger partial charge in [-0.3, -0.25) is 0 Å². The van der Waals surface area contributed by atoms with E-state index < -0.39 is 9.84 Å². The van der Waals surface area contributed by atoms with Crippen molar-refractivity contribution in [3.8, 4) is 0 Å². The van der Waals surface area contributed by atoms with Crippen molar-refractivity contribution in [3.63, 3.8) is 0 Å². The van der Waals surface area contributed by atoms with Crippen molar-refractivity contribution in [2.45, 2.75) is 19.9 Å². The number of nitrogens with zero attached hydrogens (tertiary/aromatic N) is 1. The third kappa shape index (κ3) is 2.85. The number of nitrogens with two attached hydrogens (primary N) is 1. The van der Waals surface area contributed by atoms with E-state index in [2.05, 4.69) is 0 Å². The Morgan fingerprint density at radius 3 is 2.72 bits per heavy atom. The Bertz CT molecular complexity index is 644. The monoisotopic (exact) mass is 266 g/mol. The molecule has 2 rings (SSSR count). The van der Waals surface area contributed by atoms with Gasteiger partial charge in [0.25, 0.3) is 0 Å². The van der Waals surface area contributed by atoms with Crippen LogP contribution in [0.3, 0.4) is 0 Å². The van der Waals surface area contributed by atoms with Gasteiger partial charge in [-0.2, -0.15) is 0 Å². The van der Waals surface area contributed by atoms with Crippen LogP contribution in [0, 0.1) is 0 Å². The molecule has 1 aromatic carbocycles. The summed E-state index contributed by atoms with van der Waals surface area (Å²) in [6, 6.07) is 7.64. The summed E-state index contributed by atoms with van der Waals surface area (Å²) in [6.07, 6.45) is 2.58. The Labute approximate surface area is 107 Å². The standard InChI is InChI=1S/C13H18N2O2S/c1-2-8-18(16,17)9-7-15-6-5-11-3-4-12(14)10-13(11)15/h3-6,10H,2,7-9,14H2,1H3. The van der Waals surface area contributed by atoms with Gasteiger partial charge in [-0.25, -0.2) is 8.42 Å². The van der Waals surface area contributed by atoms with Gasteiger partial charge in [-0.15, -0.1) is 0 Å². The first-order valence-corrected chi connectivity index (χ1v) is 7.89. The lowest BCUT2D eigenvalue weighted by molar-refractivity contribution is 0.588. The lowest BCUT2D eigenvalue weighted by Gasteiger charge is -2.06. The minimum absolute atomic E-state index is 0.180. The Morgan fingerprint density at radius 2 is 2.00 bits per heavy atom. The fourth-order valence-electron chi connectivity index (χ4n) is 2.05. The molecule has 0 bridgehead atoms. The van der Waals surface area contributed by atoms with E-state index in [1.165, 1.54) is 0 Å². The number of benzene rings is 1. The van der Waals surface area contributed by atoms with Crippen molar-refractivity contribution in [1.29, 1.82) is 0 Å². The number of fused-ring (bicyclic) bond motifs is 1. The number of aromatic nitrogens is 1. The third-order valence-corrected chi connectivity index (χ3v) is 4.79. The summed E-state index contributed by atoms with van der Waals surface area (Å²) in [7, 11) is -2.94. The molecule has 1 aromatic heterocycles. The van der Waals surface area contributed by atoms with Crippen LogP contribution >= 0.6 is 0 Å². The minimum Gasteiger partial charge on any atom is -0.399 e. The van der Waals surface area contributed by atoms with Crippen LogP contribution in [0.1, 0.15) is 13.3 Å². The smallest absolute Gasteiger partial charge is 0.152 e. The van der Waals surface area contributed by atoms with Gasteiger partial charge in [0.2, 0.25) is 0 Å². The van der Waals surface area contributed by atoms with Crippen LogP contribution in [0.4, 0.5) is 5.69 Å². The van der Waals surface area contributed by atoms with Crippen LogP contribution in [-0.2, 0) is 16.4 Å². The van der Waals surface area contributed by atoms with E-state index in [4.69, 9.17) is 5.73 Å². The predicted octanol–water partition coefficient (Wildman–Crippen LogP) is 2.05. The number of nitrogen functional groups attached to an aromatic ring is 1. The molecule has 1 heterocycles. The second-order valence-corrected chi connectivity index (χ2v) is 6.78. The van der Waals surface area contributed by atoms with Crippen molar-refractivity contribution in [2.75, 3.05) is 17.2 Å². The highest BCUT2D eigenvalue weighted by Crippen LogP contribution is 2.18. The molecule has 0 saturated heterocycles. The van der Waals surface area contributed by atoms with Gasteiger partial charge in [-0.1, -0.05) is 13.0 Å². The molecule has 4 nitrogen and oxygen atoms in total. The van der Waals surface area contributed by atoms with Gasteiger partial charge in [0.15, 0.2) is 9.84 Å². The first-order chi connectivity index (χ1) is 8.52. The lowest BCUT2D eigenvalue weighted by atomic mass is 10.2. The van der Waals surface area contributed by atoms with E-state index in [0.717, 1.165) is 10.9 Å². The Kier molecular flexibility index (Phi) is 3.61. The number of hydrogen-bond acceptors (Lipinski definition) is 3. The molecule has 0 unspecified atom stereocenters. The maximum absolute atomic E-state index is 11.7. The zero-order valence-electron chi connectivity index (χ0n) is 10.5. The molecule has 0 atom stereocenters. The van der Waals surface area contributed by atoms with Crippen LogP contribution in [0.2, 0.25) is 0 Å². The summed E-state index contributed by atoms with van der Waals surface area (Å²) in [4.78, 5) is 0. The second kappa shape index (κ2) is 5.02. The van der Waals surface area contributed by atoms with Crippen LogP contribution in [-0.4, -0.2) is 24.5 Å². The van der Waals surface area contributed by atoms with Crippen molar-refractivity contribution in [2.24, 2.45) is 0 Å². The Morgan fingerprint density at radius 1 is 1.22 bits per heavy atom. The maximum Gasteiger partial charge on any atom is 0.152 e. The lowest BCUT2D eigenvalue weighted by Crippen LogP contribution is -2.15. The van der Waals surface area contributed by atoms with Crippen LogP contribution in [0.5, 0.6) is 0 Å². The van der Waals surface area contributed by atoms with E-state index in [1.807, 2.05) is 42.0 Å². The molecule has 0 aliphatic carbocycles. The van der Waals surface area contributed by atoms with E-state index >= 15 is 0 Å². The molecule has 0 amide bonds. The van der Waals surface area contributed by atoms with E-state index in [1.54, 1.807) is 0 Å². The van der Waals surface area contributed by atoms with Crippen molar-refractivity contribution in [3.05, 3.63) is 30.5 Å². The summed E-state index contributed by atoms with van der Waals surface area (Å²) >= 11 is 0. The highest BCUT2D eigenvalue weighted by molar-refractivity contribution is 7.91. The number of anilines is 1. The predicted molar refractivity (Wildman–Crippen MR) is 75.3 cm³/mol. The van der Waals surface area contributed by atoms with E-state index in [9.17, 15) is 8.42 Å². The van der Waals surface area contributed by atoms with Crippen molar-refractivity contribution < 1.29 is 8.42 Å². The van der Waals surface area contributed by atoms with Gasteiger partial charge >= 0.3 is 0 Å². The molecular formula is C13H18N2O2S. The fraction of sp³-hybridized carbons (Fsp3) is 0.385. The molecular weight excluding hydrogens is 248 g/mol. The molecule has 5 heteroatoms. The van der Waals surface area contributed by atoms with E-state index in [0.29, 0.717) is 18.7 Å². The normalized spacial score (nSPS) is 12.1. The van der Waals surface area contributed by atoms with Gasteiger partial charge in [-0.05, 0) is 30.0 Å². The highest BCUT2D eigenvalue weighted by Gasteiger charge is 2.10. The zero-order chi connectivity index (χ0) is 13.2. The molecule has 0 spiro atoms. The molecule has 0 fully saturated rings.